The Balaban J connectivity index is 0.000000437. The third-order valence-corrected chi connectivity index (χ3v) is 16.1. The molecule has 0 aromatic heterocycles. The van der Waals surface area contributed by atoms with Crippen molar-refractivity contribution in [2.24, 2.45) is 0 Å². The van der Waals surface area contributed by atoms with Crippen LogP contribution in [0.4, 0.5) is 24.5 Å². The molecule has 6 aromatic rings. The summed E-state index contributed by atoms with van der Waals surface area (Å²) >= 11 is 37.2. The maximum absolute atomic E-state index is 13.0. The molecule has 4 amide bonds. The number of imide groups is 2. The number of halogens is 9. The molecule has 28 heteroatoms. The van der Waals surface area contributed by atoms with E-state index in [0.29, 0.717) is 54.2 Å². The molecule has 1 N–H and O–H groups in total. The minimum atomic E-state index is -5.77. The molecule has 4 aliphatic heterocycles. The fraction of sp³-hybridized carbons (Fsp3) is 0.293. The standard InChI is InChI=1S/C27H24Cl3N3O2.C16H15Cl3N2.C12H10F3NO5S.CH2O3.2CH4.2Cs.H/c1-17(33-26(34)21-4-2-3-5-22(21)27(33)35)15-31-12-13-32(24-11-10-20(29)14-23(24)30)25(16-31)18-6-8-19(28)9-7-18;17-12-3-1-11(2-4-12)16-10-20-7-8-21(16)15-6-5-13(18)9-14(15)19;1-7(6-21-22(19,20)12(13,14)15)16-10(17)8-4-2-3-5-9(8)11(16)18;2-1-4-3;;;;;/h2-11,14,17,25H,12-13,15-16H2,1H3;1-6,9,16,20H,7-8,10H2;2-5,7H,6H2,1H3;1,3H;2*1H4;;;/q;;;;;;2*+1;-1/p-1/t17-,25+;16-;7-;;;;;;/m101....../s1. The average Bonchev–Trinajstić information content (AvgIpc) is 1.94. The number of benzene rings is 6. The van der Waals surface area contributed by atoms with Crippen molar-refractivity contribution in [2.75, 3.05) is 62.2 Å². The largest absolute Gasteiger partial charge is 1.00 e. The monoisotopic (exact) mass is 1560 g/mol. The quantitative estimate of drug-likeness (QED) is 0.0356. The first-order valence-corrected chi connectivity index (χ1v) is 28.6. The molecule has 0 radical (unpaired) electrons. The Morgan fingerprint density at radius 2 is 1.00 bits per heavy atom. The average molecular weight is 1570 g/mol. The fourth-order valence-electron chi connectivity index (χ4n) is 9.67. The third-order valence-electron chi connectivity index (χ3n) is 13.5. The van der Waals surface area contributed by atoms with Crippen molar-refractivity contribution in [3.63, 3.8) is 0 Å². The van der Waals surface area contributed by atoms with Crippen molar-refractivity contribution >= 4 is 121 Å². The molecule has 86 heavy (non-hydrogen) atoms. The van der Waals surface area contributed by atoms with Gasteiger partial charge in [-0.2, -0.15) is 21.6 Å². The maximum Gasteiger partial charge on any atom is 1.00 e. The van der Waals surface area contributed by atoms with E-state index in [1.165, 1.54) is 41.7 Å². The number of rotatable bonds is 12. The first-order valence-electron chi connectivity index (χ1n) is 24.9. The first kappa shape index (κ1) is 78.3. The van der Waals surface area contributed by atoms with Gasteiger partial charge in [0.25, 0.3) is 30.1 Å². The Kier molecular flexibility index (Phi) is 32.6. The molecule has 0 saturated carbocycles. The van der Waals surface area contributed by atoms with Crippen LogP contribution in [0.1, 0.15) is 94.8 Å². The number of amides is 4. The summed E-state index contributed by atoms with van der Waals surface area (Å²) in [6.45, 7) is 7.46. The molecule has 4 atom stereocenters. The van der Waals surface area contributed by atoms with Gasteiger partial charge in [0.05, 0.1) is 74.4 Å². The number of carbonyl (C=O) groups is 5. The maximum atomic E-state index is 13.0. The molecule has 2 saturated heterocycles. The number of fused-ring (bicyclic) bond motifs is 2. The molecule has 10 rings (SSSR count). The molecule has 4 heterocycles. The molecule has 0 bridgehead atoms. The van der Waals surface area contributed by atoms with Crippen molar-refractivity contribution in [3.8, 4) is 0 Å². The predicted molar refractivity (Wildman–Crippen MR) is 321 cm³/mol. The Bertz CT molecular complexity index is 3360. The van der Waals surface area contributed by atoms with Crippen molar-refractivity contribution in [3.05, 3.63) is 197 Å². The summed E-state index contributed by atoms with van der Waals surface area (Å²) in [6, 6.07) is 38.7. The number of hydrogen-bond acceptors (Lipinski definition) is 14. The van der Waals surface area contributed by atoms with E-state index in [0.717, 1.165) is 54.7 Å². The van der Waals surface area contributed by atoms with E-state index >= 15 is 0 Å². The van der Waals surface area contributed by atoms with E-state index in [1.807, 2.05) is 67.6 Å². The molecule has 452 valence electrons. The molecular weight excluding hydrogens is 1510 g/mol. The molecule has 0 spiro atoms. The zero-order valence-electron chi connectivity index (χ0n) is 46.4. The first-order chi connectivity index (χ1) is 39.0. The van der Waals surface area contributed by atoms with Crippen molar-refractivity contribution in [1.82, 2.24) is 20.0 Å². The van der Waals surface area contributed by atoms with Crippen LogP contribution in [-0.2, 0) is 24.0 Å². The van der Waals surface area contributed by atoms with E-state index in [9.17, 15) is 40.8 Å². The van der Waals surface area contributed by atoms with Crippen LogP contribution in [0.15, 0.2) is 133 Å². The molecule has 4 aliphatic rings. The summed E-state index contributed by atoms with van der Waals surface area (Å²) in [7, 11) is -5.77. The molecule has 0 unspecified atom stereocenters. The summed E-state index contributed by atoms with van der Waals surface area (Å²) in [5.41, 5.74) is -0.121. The van der Waals surface area contributed by atoms with Gasteiger partial charge in [0, 0.05) is 65.9 Å². The Morgan fingerprint density at radius 3 is 1.40 bits per heavy atom. The van der Waals surface area contributed by atoms with Crippen LogP contribution in [0.5, 0.6) is 0 Å². The van der Waals surface area contributed by atoms with E-state index < -0.39 is 40.1 Å². The third kappa shape index (κ3) is 19.6. The number of anilines is 2. The number of piperazine rings is 2. The number of alkyl halides is 3. The van der Waals surface area contributed by atoms with Gasteiger partial charge in [0.2, 0.25) is 0 Å². The van der Waals surface area contributed by atoms with Gasteiger partial charge in [0.1, 0.15) is 0 Å². The van der Waals surface area contributed by atoms with Crippen LogP contribution in [0.25, 0.3) is 0 Å². The number of nitrogens with zero attached hydrogens (tertiary/aromatic N) is 5. The number of carbonyl (C=O) groups excluding carboxylic acids is 5. The smallest absolute Gasteiger partial charge is 1.00 e. The Morgan fingerprint density at radius 1 is 0.616 bits per heavy atom. The van der Waals surface area contributed by atoms with Gasteiger partial charge in [-0.15, -0.1) is 0 Å². The molecule has 2 fully saturated rings. The SMILES string of the molecule is C.C.C[C@H](CN1CCN(c2ccc(Cl)cc2Cl)[C@H](c2ccc(Cl)cc2)C1)N1C(=O)c2ccccc2C1=O.C[C@H](COS(=O)(=O)C(F)(F)F)N1C(=O)c2ccccc2C1=O.Clc1ccc([C@@H]2CNCCN2c2ccc(Cl)cc2Cl)cc1.O=CO[O-].[Cs+].[Cs+].[H-]. The Hall–Kier alpha value is -1.91. The van der Waals surface area contributed by atoms with Crippen LogP contribution in [0, 0.1) is 0 Å². The molecule has 6 aromatic carbocycles. The Labute approximate surface area is 647 Å². The number of nitrogens with one attached hydrogen (secondary N) is 1. The fourth-order valence-corrected chi connectivity index (χ4v) is 11.5. The van der Waals surface area contributed by atoms with Gasteiger partial charge < -0.3 is 26.7 Å². The summed E-state index contributed by atoms with van der Waals surface area (Å²) in [4.78, 5) is 70.2. The van der Waals surface area contributed by atoms with Crippen molar-refractivity contribution in [1.29, 1.82) is 0 Å². The van der Waals surface area contributed by atoms with Gasteiger partial charge in [-0.25, -0.2) is 0 Å². The summed E-state index contributed by atoms with van der Waals surface area (Å²) in [6.07, 6.45) is 0. The topological polar surface area (TPSA) is 189 Å². The number of hydrogen-bond donors (Lipinski definition) is 1. The summed E-state index contributed by atoms with van der Waals surface area (Å²) in [5.74, 6) is -1.86. The van der Waals surface area contributed by atoms with Crippen LogP contribution < -0.4 is 158 Å². The van der Waals surface area contributed by atoms with Crippen LogP contribution in [0.2, 0.25) is 30.1 Å². The van der Waals surface area contributed by atoms with Gasteiger partial charge in [0.15, 0.2) is 0 Å². The normalized spacial score (nSPS) is 17.0. The van der Waals surface area contributed by atoms with Gasteiger partial charge in [-0.3, -0.25) is 42.9 Å². The summed E-state index contributed by atoms with van der Waals surface area (Å²) in [5, 5.41) is 15.8. The van der Waals surface area contributed by atoms with Crippen molar-refractivity contribution in [2.45, 2.75) is 58.4 Å². The molecular formula is C58H59Cl6Cs2F3N6O10S. The molecule has 0 aliphatic carbocycles. The second-order valence-electron chi connectivity index (χ2n) is 18.8. The van der Waals surface area contributed by atoms with Gasteiger partial charge in [-0.05, 0) is 110 Å². The predicted octanol–water partition coefficient (Wildman–Crippen LogP) is 6.36. The minimum Gasteiger partial charge on any atom is -1.00 e. The van der Waals surface area contributed by atoms with E-state index in [2.05, 4.69) is 41.2 Å². The van der Waals surface area contributed by atoms with E-state index in [1.54, 1.807) is 36.4 Å². The van der Waals surface area contributed by atoms with Gasteiger partial charge in [-0.1, -0.05) is 133 Å². The van der Waals surface area contributed by atoms with E-state index in [-0.39, 0.29) is 202 Å². The molecule has 16 nitrogen and oxygen atoms in total. The van der Waals surface area contributed by atoms with Gasteiger partial charge >= 0.3 is 153 Å². The zero-order valence-corrected chi connectivity index (χ0v) is 63.3. The van der Waals surface area contributed by atoms with Crippen LogP contribution in [0.3, 0.4) is 0 Å². The second kappa shape index (κ2) is 35.8. The second-order valence-corrected chi connectivity index (χ2v) is 23.0. The van der Waals surface area contributed by atoms with Crippen LogP contribution in [-0.4, -0.2) is 123 Å². The minimum absolute atomic E-state index is 0. The van der Waals surface area contributed by atoms with Crippen molar-refractivity contribution < 1.29 is 199 Å². The van der Waals surface area contributed by atoms with E-state index in [4.69, 9.17) is 79.7 Å². The zero-order chi connectivity index (χ0) is 59.6. The van der Waals surface area contributed by atoms with Crippen LogP contribution >= 0.6 is 69.6 Å². The summed E-state index contributed by atoms with van der Waals surface area (Å²) < 4.78 is 62.0.